The summed E-state index contributed by atoms with van der Waals surface area (Å²) in [5, 5.41) is 0. The molecule has 1 aliphatic rings. The Morgan fingerprint density at radius 3 is 2.39 bits per heavy atom. The molecule has 1 radical (unpaired) electrons. The molecule has 0 spiro atoms. The molecule has 0 atom stereocenters. The summed E-state index contributed by atoms with van der Waals surface area (Å²) in [4.78, 5) is 2.50. The van der Waals surface area contributed by atoms with Crippen molar-refractivity contribution in [1.82, 2.24) is 0 Å². The topological polar surface area (TPSA) is 3.24 Å². The fourth-order valence-electron chi connectivity index (χ4n) is 2.61. The van der Waals surface area contributed by atoms with Crippen LogP contribution in [0.4, 0.5) is 5.69 Å². The fraction of sp³-hybridized carbons (Fsp3) is 0.294. The molecule has 0 aliphatic carbocycles. The molecule has 0 N–H and O–H groups in total. The van der Waals surface area contributed by atoms with Crippen molar-refractivity contribution in [3.8, 4) is 11.1 Å². The van der Waals surface area contributed by atoms with Crippen molar-refractivity contribution in [2.45, 2.75) is 19.3 Å². The summed E-state index contributed by atoms with van der Waals surface area (Å²) in [6.45, 7) is 2.40. The van der Waals surface area contributed by atoms with Crippen LogP contribution in [0.25, 0.3) is 11.1 Å². The average Bonchev–Trinajstić information content (AvgIpc) is 2.49. The van der Waals surface area contributed by atoms with E-state index in [1.165, 1.54) is 49.2 Å². The lowest BCUT2D eigenvalue weighted by Gasteiger charge is -2.29. The van der Waals surface area contributed by atoms with E-state index in [2.05, 4.69) is 47.4 Å². The van der Waals surface area contributed by atoms with Crippen LogP contribution in [-0.4, -0.2) is 13.1 Å². The molecule has 0 saturated carbocycles. The van der Waals surface area contributed by atoms with Gasteiger partial charge >= 0.3 is 0 Å². The number of anilines is 1. The second-order valence-corrected chi connectivity index (χ2v) is 4.89. The molecule has 18 heavy (non-hydrogen) atoms. The fourth-order valence-corrected chi connectivity index (χ4v) is 2.61. The summed E-state index contributed by atoms with van der Waals surface area (Å²) in [6.07, 6.45) is 4.03. The number of hydrogen-bond acceptors (Lipinski definition) is 1. The second kappa shape index (κ2) is 5.26. The molecule has 1 fully saturated rings. The van der Waals surface area contributed by atoms with Gasteiger partial charge in [-0.1, -0.05) is 36.4 Å². The highest BCUT2D eigenvalue weighted by Crippen LogP contribution is 2.26. The number of piperidine rings is 1. The highest BCUT2D eigenvalue weighted by Gasteiger charge is 2.11. The van der Waals surface area contributed by atoms with Gasteiger partial charge in [-0.05, 0) is 48.6 Å². The Bertz CT molecular complexity index is 498. The maximum atomic E-state index is 3.07. The van der Waals surface area contributed by atoms with Crippen LogP contribution in [0.3, 0.4) is 0 Å². The first-order valence-electron chi connectivity index (χ1n) is 6.75. The van der Waals surface area contributed by atoms with Gasteiger partial charge in [0.2, 0.25) is 0 Å². The van der Waals surface area contributed by atoms with Crippen LogP contribution in [-0.2, 0) is 0 Å². The Balaban J connectivity index is 1.89. The maximum Gasteiger partial charge on any atom is 0.0372 e. The Kier molecular flexibility index (Phi) is 3.31. The first-order chi connectivity index (χ1) is 8.93. The van der Waals surface area contributed by atoms with E-state index in [1.54, 1.807) is 0 Å². The van der Waals surface area contributed by atoms with Gasteiger partial charge in [0.05, 0.1) is 0 Å². The van der Waals surface area contributed by atoms with Gasteiger partial charge in [0, 0.05) is 18.8 Å². The Hall–Kier alpha value is -1.76. The zero-order valence-electron chi connectivity index (χ0n) is 10.6. The van der Waals surface area contributed by atoms with Crippen LogP contribution in [0.5, 0.6) is 0 Å². The van der Waals surface area contributed by atoms with E-state index in [0.717, 1.165) is 0 Å². The Morgan fingerprint density at radius 1 is 0.833 bits per heavy atom. The number of hydrogen-bond donors (Lipinski definition) is 0. The lowest BCUT2D eigenvalue weighted by molar-refractivity contribution is 0.578. The quantitative estimate of drug-likeness (QED) is 0.757. The van der Waals surface area contributed by atoms with E-state index >= 15 is 0 Å². The monoisotopic (exact) mass is 236 g/mol. The standard InChI is InChI=1S/C17H18N/c1-3-8-15(9-4-1)16-10-7-11-17(14-16)18-12-5-2-6-13-18/h3-4,7-11,14H,2,5-6,12-13H2. The normalized spacial score (nSPS) is 15.7. The van der Waals surface area contributed by atoms with Crippen molar-refractivity contribution in [2.24, 2.45) is 0 Å². The van der Waals surface area contributed by atoms with Crippen LogP contribution in [0.2, 0.25) is 0 Å². The van der Waals surface area contributed by atoms with E-state index in [-0.39, 0.29) is 0 Å². The number of rotatable bonds is 2. The third kappa shape index (κ3) is 2.40. The smallest absolute Gasteiger partial charge is 0.0372 e. The van der Waals surface area contributed by atoms with E-state index in [4.69, 9.17) is 0 Å². The van der Waals surface area contributed by atoms with Gasteiger partial charge in [-0.25, -0.2) is 0 Å². The molecule has 1 heterocycles. The first-order valence-corrected chi connectivity index (χ1v) is 6.75. The lowest BCUT2D eigenvalue weighted by atomic mass is 10.0. The molecule has 1 aliphatic heterocycles. The van der Waals surface area contributed by atoms with Crippen LogP contribution < -0.4 is 4.90 Å². The molecule has 2 aromatic carbocycles. The van der Waals surface area contributed by atoms with Gasteiger partial charge in [0.15, 0.2) is 0 Å². The van der Waals surface area contributed by atoms with Crippen molar-refractivity contribution < 1.29 is 0 Å². The summed E-state index contributed by atoms with van der Waals surface area (Å²) in [5.41, 5.74) is 3.93. The minimum Gasteiger partial charge on any atom is -0.372 e. The molecule has 2 aromatic rings. The molecule has 0 aromatic heterocycles. The number of nitrogens with zero attached hydrogens (tertiary/aromatic N) is 1. The third-order valence-corrected chi connectivity index (χ3v) is 3.62. The van der Waals surface area contributed by atoms with Gasteiger partial charge in [0.25, 0.3) is 0 Å². The minimum atomic E-state index is 1.20. The first kappa shape index (κ1) is 11.3. The molecular formula is C17H18N. The van der Waals surface area contributed by atoms with E-state index in [0.29, 0.717) is 0 Å². The highest BCUT2D eigenvalue weighted by molar-refractivity contribution is 5.68. The van der Waals surface area contributed by atoms with E-state index in [1.807, 2.05) is 12.1 Å². The second-order valence-electron chi connectivity index (χ2n) is 4.89. The van der Waals surface area contributed by atoms with Gasteiger partial charge in [-0.2, -0.15) is 0 Å². The summed E-state index contributed by atoms with van der Waals surface area (Å²) >= 11 is 0. The summed E-state index contributed by atoms with van der Waals surface area (Å²) in [6, 6.07) is 20.1. The molecule has 0 amide bonds. The Morgan fingerprint density at radius 2 is 1.61 bits per heavy atom. The zero-order valence-corrected chi connectivity index (χ0v) is 10.6. The maximum absolute atomic E-state index is 3.07. The largest absolute Gasteiger partial charge is 0.372 e. The van der Waals surface area contributed by atoms with Crippen molar-refractivity contribution in [2.75, 3.05) is 18.0 Å². The summed E-state index contributed by atoms with van der Waals surface area (Å²) in [5.74, 6) is 0. The predicted octanol–water partition coefficient (Wildman–Crippen LogP) is 4.14. The summed E-state index contributed by atoms with van der Waals surface area (Å²) in [7, 11) is 0. The Labute approximate surface area is 109 Å². The van der Waals surface area contributed by atoms with Gasteiger partial charge < -0.3 is 4.90 Å². The third-order valence-electron chi connectivity index (χ3n) is 3.62. The number of benzene rings is 2. The van der Waals surface area contributed by atoms with Crippen molar-refractivity contribution in [1.29, 1.82) is 0 Å². The van der Waals surface area contributed by atoms with Gasteiger partial charge in [-0.15, -0.1) is 0 Å². The van der Waals surface area contributed by atoms with Crippen molar-refractivity contribution in [3.05, 3.63) is 54.6 Å². The molecular weight excluding hydrogens is 218 g/mol. The highest BCUT2D eigenvalue weighted by atomic mass is 15.1. The van der Waals surface area contributed by atoms with Gasteiger partial charge in [0.1, 0.15) is 0 Å². The van der Waals surface area contributed by atoms with Crippen LogP contribution >= 0.6 is 0 Å². The van der Waals surface area contributed by atoms with Gasteiger partial charge in [-0.3, -0.25) is 0 Å². The molecule has 1 heteroatoms. The van der Waals surface area contributed by atoms with Crippen molar-refractivity contribution >= 4 is 5.69 Å². The van der Waals surface area contributed by atoms with Crippen molar-refractivity contribution in [3.63, 3.8) is 0 Å². The average molecular weight is 236 g/mol. The molecule has 0 unspecified atom stereocenters. The lowest BCUT2D eigenvalue weighted by Crippen LogP contribution is -2.29. The van der Waals surface area contributed by atoms with Crippen LogP contribution in [0.1, 0.15) is 19.3 Å². The predicted molar refractivity (Wildman–Crippen MR) is 76.8 cm³/mol. The summed E-state index contributed by atoms with van der Waals surface area (Å²) < 4.78 is 0. The molecule has 1 saturated heterocycles. The minimum absolute atomic E-state index is 1.20. The van der Waals surface area contributed by atoms with Crippen LogP contribution in [0, 0.1) is 6.07 Å². The SMILES string of the molecule is [c]1ccc(-c2cccc(N3CCCCC3)c2)cc1. The molecule has 91 valence electrons. The van der Waals surface area contributed by atoms with Crippen LogP contribution in [0.15, 0.2) is 48.5 Å². The molecule has 0 bridgehead atoms. The molecule has 1 nitrogen and oxygen atoms in total. The zero-order chi connectivity index (χ0) is 12.2. The molecule has 3 rings (SSSR count). The van der Waals surface area contributed by atoms with E-state index in [9.17, 15) is 0 Å². The van der Waals surface area contributed by atoms with E-state index < -0.39 is 0 Å².